The van der Waals surface area contributed by atoms with Crippen molar-refractivity contribution in [3.8, 4) is 0 Å². The van der Waals surface area contributed by atoms with Crippen molar-refractivity contribution in [1.29, 1.82) is 0 Å². The maximum Gasteiger partial charge on any atom is 0.260 e. The molecule has 96 valence electrons. The average Bonchev–Trinajstić information content (AvgIpc) is 2.87. The highest BCUT2D eigenvalue weighted by atomic mass is 32.2. The molecule has 0 spiro atoms. The zero-order chi connectivity index (χ0) is 12.3. The number of rotatable bonds is 5. The summed E-state index contributed by atoms with van der Waals surface area (Å²) in [4.78, 5) is 4.27. The van der Waals surface area contributed by atoms with Gasteiger partial charge in [0.15, 0.2) is 11.4 Å². The van der Waals surface area contributed by atoms with Gasteiger partial charge in [-0.15, -0.1) is 0 Å². The molecule has 1 fully saturated rings. The van der Waals surface area contributed by atoms with Gasteiger partial charge >= 0.3 is 0 Å². The van der Waals surface area contributed by atoms with Gasteiger partial charge in [-0.1, -0.05) is 19.0 Å². The molecule has 1 unspecified atom stereocenters. The van der Waals surface area contributed by atoms with Crippen molar-refractivity contribution in [2.24, 2.45) is 5.92 Å². The monoisotopic (exact) mass is 257 g/mol. The standard InChI is InChI=1S/C11H19N3O2S/c1-8(2)5-17-6-9-13-10(16-14-9)11(15)3-4-12-7-11/h8,12,15H,3-7H2,1-2H3. The van der Waals surface area contributed by atoms with E-state index in [2.05, 4.69) is 29.3 Å². The van der Waals surface area contributed by atoms with Crippen molar-refractivity contribution in [3.05, 3.63) is 11.7 Å². The molecule has 1 aromatic heterocycles. The highest BCUT2D eigenvalue weighted by Crippen LogP contribution is 2.26. The zero-order valence-electron chi connectivity index (χ0n) is 10.3. The number of β-amino-alcohol motifs (C(OH)–C–C–N with tert-alkyl or cyclic N) is 1. The summed E-state index contributed by atoms with van der Waals surface area (Å²) in [6, 6.07) is 0. The molecule has 1 saturated heterocycles. The molecular formula is C11H19N3O2S. The number of thioether (sulfide) groups is 1. The first kappa shape index (κ1) is 12.9. The molecule has 5 nitrogen and oxygen atoms in total. The van der Waals surface area contributed by atoms with Crippen LogP contribution in [-0.4, -0.2) is 34.1 Å². The van der Waals surface area contributed by atoms with Crippen LogP contribution in [0, 0.1) is 5.92 Å². The Labute approximate surface area is 105 Å². The van der Waals surface area contributed by atoms with Gasteiger partial charge in [0.2, 0.25) is 0 Å². The Hall–Kier alpha value is -0.590. The number of nitrogens with zero attached hydrogens (tertiary/aromatic N) is 2. The van der Waals surface area contributed by atoms with Crippen LogP contribution < -0.4 is 5.32 Å². The summed E-state index contributed by atoms with van der Waals surface area (Å²) in [5.41, 5.74) is -0.964. The van der Waals surface area contributed by atoms with Crippen LogP contribution in [0.15, 0.2) is 4.52 Å². The van der Waals surface area contributed by atoms with Crippen LogP contribution in [0.1, 0.15) is 32.0 Å². The summed E-state index contributed by atoms with van der Waals surface area (Å²) in [5, 5.41) is 17.2. The second-order valence-electron chi connectivity index (χ2n) is 4.88. The minimum Gasteiger partial charge on any atom is -0.379 e. The van der Waals surface area contributed by atoms with Gasteiger partial charge in [0.1, 0.15) is 0 Å². The molecule has 0 bridgehead atoms. The molecule has 1 aromatic rings. The minimum atomic E-state index is -0.964. The zero-order valence-corrected chi connectivity index (χ0v) is 11.1. The molecule has 17 heavy (non-hydrogen) atoms. The number of hydrogen-bond acceptors (Lipinski definition) is 6. The SMILES string of the molecule is CC(C)CSCc1noc(C2(O)CCNC2)n1. The van der Waals surface area contributed by atoms with E-state index in [4.69, 9.17) is 4.52 Å². The molecule has 0 aliphatic carbocycles. The number of aliphatic hydroxyl groups is 1. The number of nitrogens with one attached hydrogen (secondary N) is 1. The largest absolute Gasteiger partial charge is 0.379 e. The van der Waals surface area contributed by atoms with Gasteiger partial charge in [-0.05, 0) is 24.6 Å². The third-order valence-corrected chi connectivity index (χ3v) is 4.05. The Bertz CT molecular complexity index is 361. The van der Waals surface area contributed by atoms with Gasteiger partial charge in [0.25, 0.3) is 5.89 Å². The first-order valence-electron chi connectivity index (χ1n) is 5.94. The predicted molar refractivity (Wildman–Crippen MR) is 66.7 cm³/mol. The van der Waals surface area contributed by atoms with E-state index in [1.54, 1.807) is 11.8 Å². The first-order chi connectivity index (χ1) is 8.10. The summed E-state index contributed by atoms with van der Waals surface area (Å²) in [7, 11) is 0. The van der Waals surface area contributed by atoms with Crippen LogP contribution in [0.3, 0.4) is 0 Å². The van der Waals surface area contributed by atoms with Crippen molar-refractivity contribution < 1.29 is 9.63 Å². The fraction of sp³-hybridized carbons (Fsp3) is 0.818. The van der Waals surface area contributed by atoms with Gasteiger partial charge in [-0.2, -0.15) is 16.7 Å². The van der Waals surface area contributed by atoms with E-state index in [0.29, 0.717) is 30.6 Å². The summed E-state index contributed by atoms with van der Waals surface area (Å²) < 4.78 is 5.14. The van der Waals surface area contributed by atoms with Crippen LogP contribution in [0.4, 0.5) is 0 Å². The van der Waals surface area contributed by atoms with E-state index in [0.717, 1.165) is 18.1 Å². The molecule has 1 aliphatic rings. The lowest BCUT2D eigenvalue weighted by atomic mass is 10.0. The lowest BCUT2D eigenvalue weighted by molar-refractivity contribution is 0.0243. The van der Waals surface area contributed by atoms with Gasteiger partial charge in [-0.25, -0.2) is 0 Å². The van der Waals surface area contributed by atoms with Crippen molar-refractivity contribution in [2.75, 3.05) is 18.8 Å². The number of aromatic nitrogens is 2. The van der Waals surface area contributed by atoms with Gasteiger partial charge in [-0.3, -0.25) is 0 Å². The quantitative estimate of drug-likeness (QED) is 0.824. The number of hydrogen-bond donors (Lipinski definition) is 2. The van der Waals surface area contributed by atoms with E-state index in [9.17, 15) is 5.11 Å². The van der Waals surface area contributed by atoms with Crippen LogP contribution in [0.25, 0.3) is 0 Å². The van der Waals surface area contributed by atoms with E-state index < -0.39 is 5.60 Å². The average molecular weight is 257 g/mol. The molecule has 0 saturated carbocycles. The molecular weight excluding hydrogens is 238 g/mol. The molecule has 0 aromatic carbocycles. The Morgan fingerprint density at radius 2 is 2.41 bits per heavy atom. The van der Waals surface area contributed by atoms with Crippen molar-refractivity contribution in [3.63, 3.8) is 0 Å². The third kappa shape index (κ3) is 3.20. The van der Waals surface area contributed by atoms with E-state index in [1.165, 1.54) is 0 Å². The van der Waals surface area contributed by atoms with Crippen molar-refractivity contribution in [1.82, 2.24) is 15.5 Å². The van der Waals surface area contributed by atoms with E-state index in [-0.39, 0.29) is 0 Å². The van der Waals surface area contributed by atoms with Crippen molar-refractivity contribution >= 4 is 11.8 Å². The molecule has 6 heteroatoms. The van der Waals surface area contributed by atoms with E-state index >= 15 is 0 Å². The maximum atomic E-state index is 10.2. The van der Waals surface area contributed by atoms with Gasteiger partial charge in [0.05, 0.1) is 5.75 Å². The summed E-state index contributed by atoms with van der Waals surface area (Å²) in [6.07, 6.45) is 0.633. The Morgan fingerprint density at radius 3 is 3.06 bits per heavy atom. The van der Waals surface area contributed by atoms with E-state index in [1.807, 2.05) is 0 Å². The summed E-state index contributed by atoms with van der Waals surface area (Å²) in [5.74, 6) is 3.50. The Kier molecular flexibility index (Phi) is 4.06. The molecule has 1 aliphatic heterocycles. The Morgan fingerprint density at radius 1 is 1.59 bits per heavy atom. The highest BCUT2D eigenvalue weighted by Gasteiger charge is 2.38. The second-order valence-corrected chi connectivity index (χ2v) is 5.91. The molecule has 0 amide bonds. The van der Waals surface area contributed by atoms with Crippen LogP contribution in [0.2, 0.25) is 0 Å². The fourth-order valence-electron chi connectivity index (χ4n) is 1.75. The molecule has 2 rings (SSSR count). The minimum absolute atomic E-state index is 0.350. The second kappa shape index (κ2) is 5.37. The smallest absolute Gasteiger partial charge is 0.260 e. The van der Waals surface area contributed by atoms with Crippen LogP contribution in [0.5, 0.6) is 0 Å². The van der Waals surface area contributed by atoms with Crippen LogP contribution >= 0.6 is 11.8 Å². The lowest BCUT2D eigenvalue weighted by Gasteiger charge is -2.14. The highest BCUT2D eigenvalue weighted by molar-refractivity contribution is 7.98. The fourth-order valence-corrected chi connectivity index (χ4v) is 2.64. The topological polar surface area (TPSA) is 71.2 Å². The molecule has 2 heterocycles. The van der Waals surface area contributed by atoms with Gasteiger partial charge in [0, 0.05) is 6.54 Å². The predicted octanol–water partition coefficient (Wildman–Crippen LogP) is 1.14. The first-order valence-corrected chi connectivity index (χ1v) is 7.09. The normalized spacial score (nSPS) is 24.7. The summed E-state index contributed by atoms with van der Waals surface area (Å²) >= 11 is 1.79. The maximum absolute atomic E-state index is 10.2. The molecule has 0 radical (unpaired) electrons. The summed E-state index contributed by atoms with van der Waals surface area (Å²) in [6.45, 7) is 5.65. The third-order valence-electron chi connectivity index (χ3n) is 2.68. The van der Waals surface area contributed by atoms with Gasteiger partial charge < -0.3 is 14.9 Å². The molecule has 2 N–H and O–H groups in total. The molecule has 1 atom stereocenters. The van der Waals surface area contributed by atoms with Crippen LogP contribution in [-0.2, 0) is 11.4 Å². The van der Waals surface area contributed by atoms with Crippen molar-refractivity contribution in [2.45, 2.75) is 31.6 Å². The Balaban J connectivity index is 1.91. The lowest BCUT2D eigenvalue weighted by Crippen LogP contribution is -2.28.